The highest BCUT2D eigenvalue weighted by atomic mass is 19.2. The number of alkyl halides is 2. The maximum Gasteiger partial charge on any atom is 0.157 e. The van der Waals surface area contributed by atoms with E-state index in [2.05, 4.69) is 13.8 Å². The van der Waals surface area contributed by atoms with Gasteiger partial charge in [0.15, 0.2) is 6.17 Å². The van der Waals surface area contributed by atoms with Gasteiger partial charge in [-0.05, 0) is 49.4 Å². The van der Waals surface area contributed by atoms with Gasteiger partial charge in [0.2, 0.25) is 0 Å². The predicted molar refractivity (Wildman–Crippen MR) is 96.7 cm³/mol. The van der Waals surface area contributed by atoms with E-state index in [0.717, 1.165) is 31.1 Å². The minimum atomic E-state index is -1.42. The molecule has 24 heavy (non-hydrogen) atoms. The highest BCUT2D eigenvalue weighted by Gasteiger charge is 2.44. The summed E-state index contributed by atoms with van der Waals surface area (Å²) in [7, 11) is 1.50. The largest absolute Gasteiger partial charge is 0.378 e. The van der Waals surface area contributed by atoms with Crippen molar-refractivity contribution in [1.29, 1.82) is 0 Å². The minimum Gasteiger partial charge on any atom is -0.378 e. The van der Waals surface area contributed by atoms with Gasteiger partial charge in [-0.15, -0.1) is 0 Å². The summed E-state index contributed by atoms with van der Waals surface area (Å²) in [5.41, 5.74) is 0. The highest BCUT2D eigenvalue weighted by molar-refractivity contribution is 4.93. The molecule has 142 valence electrons. The molecule has 0 N–H and O–H groups in total. The average Bonchev–Trinajstić information content (AvgIpc) is 2.58. The van der Waals surface area contributed by atoms with Crippen LogP contribution >= 0.6 is 0 Å². The van der Waals surface area contributed by atoms with Crippen LogP contribution in [-0.2, 0) is 4.74 Å². The second kappa shape index (κ2) is 10.1. The molecule has 0 aromatic heterocycles. The molecule has 0 aliphatic heterocycles. The molecule has 0 amide bonds. The monoisotopic (exact) mass is 344 g/mol. The summed E-state index contributed by atoms with van der Waals surface area (Å²) in [6, 6.07) is 0. The zero-order valence-electron chi connectivity index (χ0n) is 16.0. The molecule has 2 aliphatic rings. The van der Waals surface area contributed by atoms with Crippen molar-refractivity contribution in [2.75, 3.05) is 7.11 Å². The Morgan fingerprint density at radius 1 is 0.958 bits per heavy atom. The van der Waals surface area contributed by atoms with Crippen molar-refractivity contribution in [3.8, 4) is 0 Å². The van der Waals surface area contributed by atoms with E-state index in [1.165, 1.54) is 52.1 Å². The van der Waals surface area contributed by atoms with E-state index in [9.17, 15) is 8.78 Å². The highest BCUT2D eigenvalue weighted by Crippen LogP contribution is 2.43. The van der Waals surface area contributed by atoms with E-state index >= 15 is 0 Å². The van der Waals surface area contributed by atoms with Crippen molar-refractivity contribution in [2.24, 2.45) is 23.7 Å². The molecule has 0 aromatic carbocycles. The molecule has 2 rings (SSSR count). The molecular weight excluding hydrogens is 306 g/mol. The molecule has 2 aliphatic carbocycles. The summed E-state index contributed by atoms with van der Waals surface area (Å²) in [5.74, 6) is 2.00. The second-order valence-electron chi connectivity index (χ2n) is 8.51. The van der Waals surface area contributed by atoms with E-state index in [0.29, 0.717) is 12.3 Å². The number of methoxy groups -OCH3 is 1. The molecule has 0 spiro atoms. The van der Waals surface area contributed by atoms with E-state index < -0.39 is 18.4 Å². The Kier molecular flexibility index (Phi) is 8.46. The summed E-state index contributed by atoms with van der Waals surface area (Å²) in [6.07, 6.45) is 9.51. The molecule has 2 fully saturated rings. The summed E-state index contributed by atoms with van der Waals surface area (Å²) in [4.78, 5) is 0. The Labute approximate surface area is 147 Å². The second-order valence-corrected chi connectivity index (χ2v) is 8.51. The first-order valence-electron chi connectivity index (χ1n) is 10.4. The van der Waals surface area contributed by atoms with Crippen LogP contribution in [0.4, 0.5) is 8.78 Å². The van der Waals surface area contributed by atoms with Gasteiger partial charge in [-0.3, -0.25) is 0 Å². The first kappa shape index (κ1) is 20.1. The Balaban J connectivity index is 1.69. The Hall–Kier alpha value is -0.180. The topological polar surface area (TPSA) is 9.23 Å². The Morgan fingerprint density at radius 2 is 1.67 bits per heavy atom. The van der Waals surface area contributed by atoms with Crippen LogP contribution in [0.3, 0.4) is 0 Å². The molecule has 3 heteroatoms. The smallest absolute Gasteiger partial charge is 0.157 e. The predicted octanol–water partition coefficient (Wildman–Crippen LogP) is 6.50. The zero-order valence-corrected chi connectivity index (χ0v) is 16.0. The minimum absolute atomic E-state index is 0.0723. The zero-order chi connectivity index (χ0) is 17.5. The van der Waals surface area contributed by atoms with Crippen LogP contribution in [0, 0.1) is 23.7 Å². The average molecular weight is 345 g/mol. The first-order chi connectivity index (χ1) is 11.6. The van der Waals surface area contributed by atoms with Crippen LogP contribution in [0.2, 0.25) is 0 Å². The lowest BCUT2D eigenvalue weighted by molar-refractivity contribution is -0.0720. The van der Waals surface area contributed by atoms with E-state index in [1.807, 2.05) is 0 Å². The van der Waals surface area contributed by atoms with Crippen LogP contribution in [-0.4, -0.2) is 25.6 Å². The van der Waals surface area contributed by atoms with Gasteiger partial charge >= 0.3 is 0 Å². The summed E-state index contributed by atoms with van der Waals surface area (Å²) >= 11 is 0. The maximum atomic E-state index is 14.5. The Morgan fingerprint density at radius 3 is 2.29 bits per heavy atom. The van der Waals surface area contributed by atoms with Crippen molar-refractivity contribution in [1.82, 2.24) is 0 Å². The third kappa shape index (κ3) is 5.41. The summed E-state index contributed by atoms with van der Waals surface area (Å²) in [6.45, 7) is 4.63. The summed E-state index contributed by atoms with van der Waals surface area (Å²) in [5, 5.41) is 0. The molecule has 0 heterocycles. The quantitative estimate of drug-likeness (QED) is 0.488. The van der Waals surface area contributed by atoms with Gasteiger partial charge in [0, 0.05) is 7.11 Å². The molecule has 0 radical (unpaired) electrons. The molecule has 2 saturated carbocycles. The van der Waals surface area contributed by atoms with Gasteiger partial charge in [0.05, 0.1) is 6.10 Å². The van der Waals surface area contributed by atoms with Crippen LogP contribution in [0.15, 0.2) is 0 Å². The third-order valence-corrected chi connectivity index (χ3v) is 6.74. The van der Waals surface area contributed by atoms with Crippen molar-refractivity contribution in [2.45, 2.75) is 103 Å². The van der Waals surface area contributed by atoms with Crippen molar-refractivity contribution < 1.29 is 13.5 Å². The van der Waals surface area contributed by atoms with Crippen molar-refractivity contribution in [3.63, 3.8) is 0 Å². The fourth-order valence-corrected chi connectivity index (χ4v) is 5.16. The molecule has 0 aromatic rings. The number of rotatable bonds is 8. The molecular formula is C21H38F2O. The van der Waals surface area contributed by atoms with Gasteiger partial charge in [0.1, 0.15) is 6.17 Å². The number of halogens is 2. The third-order valence-electron chi connectivity index (χ3n) is 6.74. The van der Waals surface area contributed by atoms with Gasteiger partial charge < -0.3 is 4.74 Å². The number of hydrogen-bond acceptors (Lipinski definition) is 1. The lowest BCUT2D eigenvalue weighted by Crippen LogP contribution is -2.45. The molecule has 5 atom stereocenters. The van der Waals surface area contributed by atoms with Gasteiger partial charge in [-0.2, -0.15) is 0 Å². The van der Waals surface area contributed by atoms with Crippen molar-refractivity contribution in [3.05, 3.63) is 0 Å². The maximum absolute atomic E-state index is 14.5. The normalized spacial score (nSPS) is 38.9. The van der Waals surface area contributed by atoms with Crippen LogP contribution in [0.5, 0.6) is 0 Å². The molecule has 0 saturated heterocycles. The first-order valence-corrected chi connectivity index (χ1v) is 10.4. The van der Waals surface area contributed by atoms with E-state index in [4.69, 9.17) is 4.74 Å². The fourth-order valence-electron chi connectivity index (χ4n) is 5.16. The van der Waals surface area contributed by atoms with E-state index in [1.54, 1.807) is 0 Å². The van der Waals surface area contributed by atoms with Gasteiger partial charge in [-0.1, -0.05) is 58.8 Å². The van der Waals surface area contributed by atoms with Crippen LogP contribution in [0.25, 0.3) is 0 Å². The lowest BCUT2D eigenvalue weighted by Gasteiger charge is -2.41. The SMILES string of the molecule is CCCC(C)CCCC1CCC(C2CCC(OC)C(F)C2F)CC1. The lowest BCUT2D eigenvalue weighted by atomic mass is 9.68. The van der Waals surface area contributed by atoms with Gasteiger partial charge in [-0.25, -0.2) is 8.78 Å². The van der Waals surface area contributed by atoms with Crippen LogP contribution in [0.1, 0.15) is 84.5 Å². The fraction of sp³-hybridized carbons (Fsp3) is 1.00. The molecule has 1 nitrogen and oxygen atoms in total. The Bertz CT molecular complexity index is 341. The summed E-state index contributed by atoms with van der Waals surface area (Å²) < 4.78 is 33.7. The number of ether oxygens (including phenoxy) is 1. The van der Waals surface area contributed by atoms with Crippen molar-refractivity contribution >= 4 is 0 Å². The van der Waals surface area contributed by atoms with E-state index in [-0.39, 0.29) is 5.92 Å². The van der Waals surface area contributed by atoms with Gasteiger partial charge in [0.25, 0.3) is 0 Å². The standard InChI is InChI=1S/C21H38F2O/c1-4-6-15(2)7-5-8-16-9-11-17(12-10-16)18-13-14-19(24-3)21(23)20(18)22/h15-21H,4-14H2,1-3H3. The molecule has 0 bridgehead atoms. The molecule has 5 unspecified atom stereocenters. The number of hydrogen-bond donors (Lipinski definition) is 0. The van der Waals surface area contributed by atoms with Crippen LogP contribution < -0.4 is 0 Å².